The number of hydrogen-bond acceptors (Lipinski definition) is 6. The summed E-state index contributed by atoms with van der Waals surface area (Å²) in [7, 11) is -2.54. The fourth-order valence-electron chi connectivity index (χ4n) is 2.86. The first-order valence-corrected chi connectivity index (χ1v) is 11.8. The Morgan fingerprint density at radius 1 is 0.824 bits per heavy atom. The third-order valence-corrected chi connectivity index (χ3v) is 6.54. The van der Waals surface area contributed by atoms with Gasteiger partial charge in [-0.25, -0.2) is 8.42 Å². The fourth-order valence-corrected chi connectivity index (χ4v) is 3.99. The highest BCUT2D eigenvalue weighted by atomic mass is 32.2. The molecule has 178 valence electrons. The second-order valence-electron chi connectivity index (χ2n) is 7.47. The molecule has 0 bridgehead atoms. The van der Waals surface area contributed by atoms with E-state index in [0.29, 0.717) is 5.75 Å². The molecular weight excluding hydrogens is 456 g/mol. The molecule has 9 nitrogen and oxygen atoms in total. The van der Waals surface area contributed by atoms with Crippen LogP contribution in [-0.4, -0.2) is 44.7 Å². The number of likely N-dealkylation sites (N-methyl/N-ethyl adjacent to an activating group) is 1. The Morgan fingerprint density at radius 2 is 1.41 bits per heavy atom. The van der Waals surface area contributed by atoms with E-state index in [9.17, 15) is 18.0 Å². The second-order valence-corrected chi connectivity index (χ2v) is 9.52. The Labute approximate surface area is 198 Å². The Kier molecular flexibility index (Phi) is 8.23. The molecule has 0 spiro atoms. The van der Waals surface area contributed by atoms with Gasteiger partial charge in [-0.2, -0.15) is 4.31 Å². The molecule has 3 aromatic carbocycles. The van der Waals surface area contributed by atoms with Gasteiger partial charge in [0, 0.05) is 18.4 Å². The van der Waals surface area contributed by atoms with Crippen LogP contribution in [0.1, 0.15) is 5.56 Å². The van der Waals surface area contributed by atoms with E-state index in [0.717, 1.165) is 21.2 Å². The molecule has 0 aliphatic heterocycles. The lowest BCUT2D eigenvalue weighted by Crippen LogP contribution is -2.48. The first-order valence-electron chi connectivity index (χ1n) is 10.4. The van der Waals surface area contributed by atoms with Gasteiger partial charge in [0.25, 0.3) is 11.8 Å². The standard InChI is InChI=1S/C24H26N4O5S/c1-18-8-14-22(15-9-18)34(31,32)28(2)16-23(29)26-27-24(30)17-33-21-12-10-20(11-13-21)25-19-6-4-3-5-7-19/h3-15,25H,16-17H2,1-2H3,(H,26,29)(H,27,30). The molecule has 0 aromatic heterocycles. The summed E-state index contributed by atoms with van der Waals surface area (Å²) in [4.78, 5) is 24.1. The number of para-hydroxylation sites is 1. The summed E-state index contributed by atoms with van der Waals surface area (Å²) >= 11 is 0. The lowest BCUT2D eigenvalue weighted by atomic mass is 10.2. The van der Waals surface area contributed by atoms with Crippen molar-refractivity contribution in [2.24, 2.45) is 0 Å². The van der Waals surface area contributed by atoms with Gasteiger partial charge in [-0.3, -0.25) is 20.4 Å². The zero-order valence-corrected chi connectivity index (χ0v) is 19.6. The van der Waals surface area contributed by atoms with E-state index in [4.69, 9.17) is 4.74 Å². The van der Waals surface area contributed by atoms with Gasteiger partial charge in [0.15, 0.2) is 6.61 Å². The highest BCUT2D eigenvalue weighted by molar-refractivity contribution is 7.89. The average Bonchev–Trinajstić information content (AvgIpc) is 2.83. The molecule has 0 atom stereocenters. The van der Waals surface area contributed by atoms with Crippen LogP contribution in [-0.2, 0) is 19.6 Å². The highest BCUT2D eigenvalue weighted by Crippen LogP contribution is 2.19. The van der Waals surface area contributed by atoms with Gasteiger partial charge in [-0.15, -0.1) is 0 Å². The Balaban J connectivity index is 1.41. The number of carbonyl (C=O) groups excluding carboxylic acids is 2. The van der Waals surface area contributed by atoms with Gasteiger partial charge in [0.2, 0.25) is 10.0 Å². The SMILES string of the molecule is Cc1ccc(S(=O)(=O)N(C)CC(=O)NNC(=O)COc2ccc(Nc3ccccc3)cc2)cc1. The van der Waals surface area contributed by atoms with Crippen LogP contribution in [0.4, 0.5) is 11.4 Å². The van der Waals surface area contributed by atoms with E-state index in [1.807, 2.05) is 49.4 Å². The zero-order valence-electron chi connectivity index (χ0n) is 18.8. The smallest absolute Gasteiger partial charge is 0.276 e. The predicted octanol–water partition coefficient (Wildman–Crippen LogP) is 2.59. The number of sulfonamides is 1. The number of benzene rings is 3. The molecule has 34 heavy (non-hydrogen) atoms. The van der Waals surface area contributed by atoms with Crippen LogP contribution in [0.25, 0.3) is 0 Å². The molecule has 0 radical (unpaired) electrons. The Bertz CT molecular complexity index is 1210. The first kappa shape index (κ1) is 24.7. The zero-order chi connectivity index (χ0) is 24.6. The quantitative estimate of drug-likeness (QED) is 0.404. The number of aryl methyl sites for hydroxylation is 1. The summed E-state index contributed by atoms with van der Waals surface area (Å²) in [6.45, 7) is 1.05. The third-order valence-electron chi connectivity index (χ3n) is 4.72. The topological polar surface area (TPSA) is 117 Å². The van der Waals surface area contributed by atoms with Crippen molar-refractivity contribution in [3.8, 4) is 5.75 Å². The lowest BCUT2D eigenvalue weighted by molar-refractivity contribution is -0.130. The van der Waals surface area contributed by atoms with E-state index in [1.54, 1.807) is 24.3 Å². The summed E-state index contributed by atoms with van der Waals surface area (Å²) < 4.78 is 31.4. The molecule has 3 aromatic rings. The molecule has 3 rings (SSSR count). The van der Waals surface area contributed by atoms with Crippen molar-refractivity contribution < 1.29 is 22.7 Å². The predicted molar refractivity (Wildman–Crippen MR) is 129 cm³/mol. The van der Waals surface area contributed by atoms with Gasteiger partial charge >= 0.3 is 0 Å². The Morgan fingerprint density at radius 3 is 2.06 bits per heavy atom. The minimum Gasteiger partial charge on any atom is -0.484 e. The monoisotopic (exact) mass is 482 g/mol. The summed E-state index contributed by atoms with van der Waals surface area (Å²) in [5.74, 6) is -0.809. The van der Waals surface area contributed by atoms with Crippen molar-refractivity contribution in [3.63, 3.8) is 0 Å². The van der Waals surface area contributed by atoms with E-state index in [2.05, 4.69) is 16.2 Å². The van der Waals surface area contributed by atoms with Crippen molar-refractivity contribution in [1.29, 1.82) is 0 Å². The molecule has 0 heterocycles. The number of nitrogens with zero attached hydrogens (tertiary/aromatic N) is 1. The number of rotatable bonds is 9. The van der Waals surface area contributed by atoms with Crippen molar-refractivity contribution in [2.75, 3.05) is 25.5 Å². The minimum absolute atomic E-state index is 0.0795. The number of hydrogen-bond donors (Lipinski definition) is 3. The molecule has 0 fully saturated rings. The first-order chi connectivity index (χ1) is 16.2. The average molecular weight is 483 g/mol. The molecule has 0 saturated heterocycles. The van der Waals surface area contributed by atoms with E-state index >= 15 is 0 Å². The Hall–Kier alpha value is -3.89. The van der Waals surface area contributed by atoms with Crippen LogP contribution in [0, 0.1) is 6.92 Å². The fraction of sp³-hybridized carbons (Fsp3) is 0.167. The number of anilines is 2. The normalized spacial score (nSPS) is 11.0. The van der Waals surface area contributed by atoms with Crippen LogP contribution in [0.5, 0.6) is 5.75 Å². The molecule has 2 amide bonds. The van der Waals surface area contributed by atoms with Crippen molar-refractivity contribution in [3.05, 3.63) is 84.4 Å². The molecule has 0 unspecified atom stereocenters. The van der Waals surface area contributed by atoms with Gasteiger partial charge < -0.3 is 10.1 Å². The maximum absolute atomic E-state index is 12.5. The van der Waals surface area contributed by atoms with Crippen LogP contribution in [0.3, 0.4) is 0 Å². The molecule has 0 saturated carbocycles. The van der Waals surface area contributed by atoms with Crippen LogP contribution < -0.4 is 20.9 Å². The summed E-state index contributed by atoms with van der Waals surface area (Å²) in [6.07, 6.45) is 0. The van der Waals surface area contributed by atoms with Gasteiger partial charge in [0.1, 0.15) is 5.75 Å². The van der Waals surface area contributed by atoms with Crippen LogP contribution >= 0.6 is 0 Å². The number of carbonyl (C=O) groups is 2. The molecule has 0 aliphatic carbocycles. The van der Waals surface area contributed by atoms with Crippen LogP contribution in [0.15, 0.2) is 83.8 Å². The maximum Gasteiger partial charge on any atom is 0.276 e. The van der Waals surface area contributed by atoms with Gasteiger partial charge in [0.05, 0.1) is 11.4 Å². The maximum atomic E-state index is 12.5. The van der Waals surface area contributed by atoms with E-state index in [-0.39, 0.29) is 11.5 Å². The number of hydrazine groups is 1. The summed E-state index contributed by atoms with van der Waals surface area (Å²) in [5, 5.41) is 3.24. The third kappa shape index (κ3) is 7.06. The van der Waals surface area contributed by atoms with Crippen molar-refractivity contribution >= 4 is 33.2 Å². The lowest BCUT2D eigenvalue weighted by Gasteiger charge is -2.17. The number of nitrogens with one attached hydrogen (secondary N) is 3. The summed E-state index contributed by atoms with van der Waals surface area (Å²) in [5.41, 5.74) is 7.12. The highest BCUT2D eigenvalue weighted by Gasteiger charge is 2.23. The molecule has 0 aliphatic rings. The van der Waals surface area contributed by atoms with Gasteiger partial charge in [-0.05, 0) is 55.5 Å². The van der Waals surface area contributed by atoms with Crippen molar-refractivity contribution in [2.45, 2.75) is 11.8 Å². The molecule has 3 N–H and O–H groups in total. The second kappa shape index (κ2) is 11.3. The van der Waals surface area contributed by atoms with Gasteiger partial charge in [-0.1, -0.05) is 35.9 Å². The van der Waals surface area contributed by atoms with Crippen molar-refractivity contribution in [1.82, 2.24) is 15.2 Å². The van der Waals surface area contributed by atoms with E-state index in [1.165, 1.54) is 19.2 Å². The molecular formula is C24H26N4O5S. The molecule has 10 heteroatoms. The largest absolute Gasteiger partial charge is 0.484 e. The number of ether oxygens (including phenoxy) is 1. The van der Waals surface area contributed by atoms with Crippen LogP contribution in [0.2, 0.25) is 0 Å². The minimum atomic E-state index is -3.83. The number of amides is 2. The summed E-state index contributed by atoms with van der Waals surface area (Å²) in [6, 6.07) is 23.0. The van der Waals surface area contributed by atoms with E-state index < -0.39 is 28.4 Å².